The molecule has 0 heterocycles. The third-order valence-electron chi connectivity index (χ3n) is 7.29. The summed E-state index contributed by atoms with van der Waals surface area (Å²) in [4.78, 5) is 4.75. The Bertz CT molecular complexity index is 1290. The highest BCUT2D eigenvalue weighted by molar-refractivity contribution is 5.73. The summed E-state index contributed by atoms with van der Waals surface area (Å²) in [7, 11) is 2.19. The Balaban J connectivity index is 1.42. The number of anilines is 3. The number of benzene rings is 3. The standard InChI is InChI=1S/C34H36N2/c1-25-11-15-31(16-12-25)36(32-17-13-26(2)14-18-32)33-21-19-30(20-22-33)35(4)34-10-6-9-29(24-34)28-8-5-7-27(3)23-28/h5-19,21,24,27H,20,22-23H2,1-4H3. The van der Waals surface area contributed by atoms with Gasteiger partial charge in [-0.05, 0) is 98.7 Å². The average molecular weight is 473 g/mol. The van der Waals surface area contributed by atoms with E-state index in [0.29, 0.717) is 5.92 Å². The number of aryl methyl sites for hydroxylation is 2. The molecule has 3 aromatic carbocycles. The van der Waals surface area contributed by atoms with Crippen molar-refractivity contribution in [3.63, 3.8) is 0 Å². The Morgan fingerprint density at radius 3 is 1.89 bits per heavy atom. The zero-order valence-corrected chi connectivity index (χ0v) is 21.9. The van der Waals surface area contributed by atoms with Crippen molar-refractivity contribution in [3.05, 3.63) is 131 Å². The first kappa shape index (κ1) is 23.9. The van der Waals surface area contributed by atoms with E-state index in [9.17, 15) is 0 Å². The largest absolute Gasteiger partial charge is 0.348 e. The summed E-state index contributed by atoms with van der Waals surface area (Å²) < 4.78 is 0. The summed E-state index contributed by atoms with van der Waals surface area (Å²) in [6.07, 6.45) is 14.4. The number of rotatable bonds is 6. The lowest BCUT2D eigenvalue weighted by Gasteiger charge is -2.32. The Morgan fingerprint density at radius 2 is 1.31 bits per heavy atom. The van der Waals surface area contributed by atoms with Gasteiger partial charge >= 0.3 is 0 Å². The van der Waals surface area contributed by atoms with Crippen molar-refractivity contribution in [1.29, 1.82) is 0 Å². The SMILES string of the molecule is Cc1ccc(N(C2=CC=C(N(C)c3cccc(C4=CC=CC(C)C4)c3)CC2)c2ccc(C)cc2)cc1. The van der Waals surface area contributed by atoms with Gasteiger partial charge in [-0.2, -0.15) is 0 Å². The number of allylic oxidation sites excluding steroid dienone is 8. The van der Waals surface area contributed by atoms with Crippen LogP contribution in [0.1, 0.15) is 42.9 Å². The maximum Gasteiger partial charge on any atom is 0.0458 e. The Labute approximate surface area is 216 Å². The molecule has 5 rings (SSSR count). The molecule has 0 saturated heterocycles. The molecule has 182 valence electrons. The summed E-state index contributed by atoms with van der Waals surface area (Å²) >= 11 is 0. The van der Waals surface area contributed by atoms with Crippen molar-refractivity contribution in [1.82, 2.24) is 0 Å². The van der Waals surface area contributed by atoms with Crippen molar-refractivity contribution in [2.45, 2.75) is 40.0 Å². The van der Waals surface area contributed by atoms with E-state index in [0.717, 1.165) is 19.3 Å². The molecule has 36 heavy (non-hydrogen) atoms. The zero-order chi connectivity index (χ0) is 25.1. The molecule has 0 fully saturated rings. The van der Waals surface area contributed by atoms with Crippen molar-refractivity contribution in [2.24, 2.45) is 5.92 Å². The number of hydrogen-bond donors (Lipinski definition) is 0. The van der Waals surface area contributed by atoms with Crippen molar-refractivity contribution in [3.8, 4) is 0 Å². The first-order valence-corrected chi connectivity index (χ1v) is 13.0. The summed E-state index contributed by atoms with van der Waals surface area (Å²) in [5.41, 5.74) is 11.6. The van der Waals surface area contributed by atoms with Crippen LogP contribution in [-0.4, -0.2) is 7.05 Å². The van der Waals surface area contributed by atoms with Crippen LogP contribution < -0.4 is 9.80 Å². The van der Waals surface area contributed by atoms with Gasteiger partial charge in [-0.3, -0.25) is 0 Å². The van der Waals surface area contributed by atoms with Gasteiger partial charge in [0.05, 0.1) is 0 Å². The molecule has 2 aliphatic rings. The van der Waals surface area contributed by atoms with Gasteiger partial charge in [0, 0.05) is 35.5 Å². The molecule has 0 radical (unpaired) electrons. The predicted octanol–water partition coefficient (Wildman–Crippen LogP) is 9.12. The summed E-state index contributed by atoms with van der Waals surface area (Å²) in [6.45, 7) is 6.57. The fourth-order valence-electron chi connectivity index (χ4n) is 5.09. The van der Waals surface area contributed by atoms with E-state index < -0.39 is 0 Å². The minimum Gasteiger partial charge on any atom is -0.348 e. The van der Waals surface area contributed by atoms with Gasteiger partial charge in [-0.1, -0.05) is 72.7 Å². The van der Waals surface area contributed by atoms with Crippen LogP contribution >= 0.6 is 0 Å². The van der Waals surface area contributed by atoms with Gasteiger partial charge in [0.1, 0.15) is 0 Å². The summed E-state index contributed by atoms with van der Waals surface area (Å²) in [5, 5.41) is 0. The van der Waals surface area contributed by atoms with E-state index in [-0.39, 0.29) is 0 Å². The summed E-state index contributed by atoms with van der Waals surface area (Å²) in [5.74, 6) is 0.598. The molecule has 1 atom stereocenters. The minimum absolute atomic E-state index is 0.598. The van der Waals surface area contributed by atoms with Crippen molar-refractivity contribution >= 4 is 22.6 Å². The second-order valence-electron chi connectivity index (χ2n) is 10.2. The van der Waals surface area contributed by atoms with Crippen LogP contribution in [-0.2, 0) is 0 Å². The van der Waals surface area contributed by atoms with Crippen LogP contribution in [0.3, 0.4) is 0 Å². The van der Waals surface area contributed by atoms with Crippen LogP contribution in [0.15, 0.2) is 115 Å². The molecule has 1 unspecified atom stereocenters. The highest BCUT2D eigenvalue weighted by Gasteiger charge is 2.19. The lowest BCUT2D eigenvalue weighted by atomic mass is 9.91. The smallest absolute Gasteiger partial charge is 0.0458 e. The van der Waals surface area contributed by atoms with Crippen molar-refractivity contribution < 1.29 is 0 Å². The second-order valence-corrected chi connectivity index (χ2v) is 10.2. The number of hydrogen-bond acceptors (Lipinski definition) is 2. The zero-order valence-electron chi connectivity index (χ0n) is 21.9. The van der Waals surface area contributed by atoms with E-state index in [1.807, 2.05) is 0 Å². The van der Waals surface area contributed by atoms with Crippen LogP contribution in [0.5, 0.6) is 0 Å². The first-order chi connectivity index (χ1) is 17.5. The molecule has 2 heteroatoms. The molecule has 0 N–H and O–H groups in total. The molecule has 2 nitrogen and oxygen atoms in total. The molecule has 0 amide bonds. The van der Waals surface area contributed by atoms with Crippen LogP contribution in [0, 0.1) is 19.8 Å². The maximum absolute atomic E-state index is 2.40. The van der Waals surface area contributed by atoms with E-state index in [1.165, 1.54) is 50.7 Å². The molecule has 2 aliphatic carbocycles. The first-order valence-electron chi connectivity index (χ1n) is 13.0. The molecule has 3 aromatic rings. The van der Waals surface area contributed by atoms with Gasteiger partial charge in [0.25, 0.3) is 0 Å². The van der Waals surface area contributed by atoms with Crippen molar-refractivity contribution in [2.75, 3.05) is 16.8 Å². The second kappa shape index (κ2) is 10.5. The van der Waals surface area contributed by atoms with E-state index in [1.54, 1.807) is 0 Å². The van der Waals surface area contributed by atoms with Gasteiger partial charge in [0.15, 0.2) is 0 Å². The van der Waals surface area contributed by atoms with E-state index >= 15 is 0 Å². The fraction of sp³-hybridized carbons (Fsp3) is 0.235. The monoisotopic (exact) mass is 472 g/mol. The topological polar surface area (TPSA) is 6.48 Å². The van der Waals surface area contributed by atoms with Gasteiger partial charge in [-0.25, -0.2) is 0 Å². The lowest BCUT2D eigenvalue weighted by Crippen LogP contribution is -2.22. The molecule has 0 spiro atoms. The summed E-state index contributed by atoms with van der Waals surface area (Å²) in [6, 6.07) is 26.7. The molecule has 0 saturated carbocycles. The Hall–Kier alpha value is -3.78. The minimum atomic E-state index is 0.598. The lowest BCUT2D eigenvalue weighted by molar-refractivity contribution is 0.749. The molecule has 0 aromatic heterocycles. The normalized spacial score (nSPS) is 17.2. The van der Waals surface area contributed by atoms with Crippen LogP contribution in [0.2, 0.25) is 0 Å². The van der Waals surface area contributed by atoms with Gasteiger partial charge in [-0.15, -0.1) is 0 Å². The Kier molecular flexibility index (Phi) is 6.95. The fourth-order valence-corrected chi connectivity index (χ4v) is 5.09. The molecule has 0 aliphatic heterocycles. The third-order valence-corrected chi connectivity index (χ3v) is 7.29. The van der Waals surface area contributed by atoms with Crippen LogP contribution in [0.25, 0.3) is 5.57 Å². The van der Waals surface area contributed by atoms with E-state index in [2.05, 4.69) is 141 Å². The molecular weight excluding hydrogens is 436 g/mol. The van der Waals surface area contributed by atoms with E-state index in [4.69, 9.17) is 0 Å². The van der Waals surface area contributed by atoms with Gasteiger partial charge in [0.2, 0.25) is 0 Å². The predicted molar refractivity (Wildman–Crippen MR) is 156 cm³/mol. The number of nitrogens with zero attached hydrogens (tertiary/aromatic N) is 2. The maximum atomic E-state index is 2.40. The highest BCUT2D eigenvalue weighted by Crippen LogP contribution is 2.36. The van der Waals surface area contributed by atoms with Gasteiger partial charge < -0.3 is 9.80 Å². The molecule has 0 bridgehead atoms. The Morgan fingerprint density at radius 1 is 0.694 bits per heavy atom. The average Bonchev–Trinajstić information content (AvgIpc) is 2.91. The molecular formula is C34H36N2. The third kappa shape index (κ3) is 5.23. The highest BCUT2D eigenvalue weighted by atomic mass is 15.2. The quantitative estimate of drug-likeness (QED) is 0.353. The van der Waals surface area contributed by atoms with Crippen LogP contribution in [0.4, 0.5) is 17.1 Å².